The number of carbonyl (C=O) groups is 3. The summed E-state index contributed by atoms with van der Waals surface area (Å²) in [4.78, 5) is 37.0. The second kappa shape index (κ2) is 6.43. The van der Waals surface area contributed by atoms with Crippen LogP contribution in [0.4, 0.5) is 0 Å². The number of ether oxygens (including phenoxy) is 2. The van der Waals surface area contributed by atoms with Crippen molar-refractivity contribution in [2.45, 2.75) is 53.2 Å². The molecule has 2 fully saturated rings. The van der Waals surface area contributed by atoms with Crippen LogP contribution >= 0.6 is 0 Å². The molecule has 1 aliphatic heterocycles. The van der Waals surface area contributed by atoms with E-state index in [2.05, 4.69) is 0 Å². The van der Waals surface area contributed by atoms with E-state index in [1.165, 1.54) is 6.08 Å². The summed E-state index contributed by atoms with van der Waals surface area (Å²) in [5.41, 5.74) is 1.78. The Morgan fingerprint density at radius 2 is 1.92 bits per heavy atom. The van der Waals surface area contributed by atoms with Crippen molar-refractivity contribution in [1.29, 1.82) is 0 Å². The van der Waals surface area contributed by atoms with Crippen molar-refractivity contribution in [3.63, 3.8) is 0 Å². The highest BCUT2D eigenvalue weighted by Gasteiger charge is 2.57. The lowest BCUT2D eigenvalue weighted by Crippen LogP contribution is -2.41. The first-order valence-electron chi connectivity index (χ1n) is 8.98. The van der Waals surface area contributed by atoms with E-state index in [4.69, 9.17) is 9.47 Å². The van der Waals surface area contributed by atoms with Crippen molar-refractivity contribution in [3.05, 3.63) is 23.3 Å². The van der Waals surface area contributed by atoms with Gasteiger partial charge in [0.1, 0.15) is 12.2 Å². The van der Waals surface area contributed by atoms with Gasteiger partial charge in [0.05, 0.1) is 5.92 Å². The molecule has 5 heteroatoms. The molecule has 0 unspecified atom stereocenters. The van der Waals surface area contributed by atoms with Gasteiger partial charge in [-0.15, -0.1) is 0 Å². The van der Waals surface area contributed by atoms with Crippen LogP contribution in [0.1, 0.15) is 41.0 Å². The minimum absolute atomic E-state index is 0.0731. The molecule has 0 N–H and O–H groups in total. The summed E-state index contributed by atoms with van der Waals surface area (Å²) in [5.74, 6) is -1.44. The maximum absolute atomic E-state index is 12.5. The minimum atomic E-state index is -0.521. The number of fused-ring (bicyclic) bond motifs is 2. The monoisotopic (exact) mass is 346 g/mol. The summed E-state index contributed by atoms with van der Waals surface area (Å²) in [6.07, 6.45) is 2.94. The zero-order valence-electron chi connectivity index (χ0n) is 15.4. The van der Waals surface area contributed by atoms with Gasteiger partial charge in [-0.05, 0) is 39.2 Å². The molecule has 0 amide bonds. The maximum atomic E-state index is 12.5. The summed E-state index contributed by atoms with van der Waals surface area (Å²) < 4.78 is 11.4. The Balaban J connectivity index is 2.02. The first-order valence-corrected chi connectivity index (χ1v) is 8.98. The molecule has 0 aromatic heterocycles. The first kappa shape index (κ1) is 17.9. The second-order valence-corrected chi connectivity index (χ2v) is 8.02. The molecule has 25 heavy (non-hydrogen) atoms. The Morgan fingerprint density at radius 1 is 1.24 bits per heavy atom. The van der Waals surface area contributed by atoms with Gasteiger partial charge in [0.2, 0.25) is 0 Å². The highest BCUT2D eigenvalue weighted by atomic mass is 16.6. The Labute approximate surface area is 148 Å². The van der Waals surface area contributed by atoms with Crippen molar-refractivity contribution < 1.29 is 23.9 Å². The summed E-state index contributed by atoms with van der Waals surface area (Å²) in [6, 6.07) is 0. The molecular formula is C20H26O5. The Morgan fingerprint density at radius 3 is 2.56 bits per heavy atom. The fourth-order valence-electron chi connectivity index (χ4n) is 4.80. The molecule has 0 aromatic rings. The summed E-state index contributed by atoms with van der Waals surface area (Å²) >= 11 is 0. The van der Waals surface area contributed by atoms with Gasteiger partial charge in [-0.25, -0.2) is 4.79 Å². The first-order chi connectivity index (χ1) is 11.7. The Hall–Kier alpha value is -1.91. The van der Waals surface area contributed by atoms with Crippen molar-refractivity contribution in [1.82, 2.24) is 0 Å². The van der Waals surface area contributed by atoms with Gasteiger partial charge in [-0.1, -0.05) is 25.0 Å². The molecule has 7 atom stereocenters. The normalized spacial score (nSPS) is 39.7. The predicted molar refractivity (Wildman–Crippen MR) is 91.4 cm³/mol. The third-order valence-corrected chi connectivity index (χ3v) is 5.87. The molecular weight excluding hydrogens is 320 g/mol. The van der Waals surface area contributed by atoms with E-state index in [9.17, 15) is 14.4 Å². The Kier molecular flexibility index (Phi) is 4.60. The highest BCUT2D eigenvalue weighted by molar-refractivity contribution is 5.96. The highest BCUT2D eigenvalue weighted by Crippen LogP contribution is 2.50. The molecule has 0 radical (unpaired) electrons. The van der Waals surface area contributed by atoms with E-state index in [-0.39, 0.29) is 47.4 Å². The Bertz CT molecular complexity index is 670. The van der Waals surface area contributed by atoms with Gasteiger partial charge in [-0.2, -0.15) is 0 Å². The minimum Gasteiger partial charge on any atom is -0.462 e. The van der Waals surface area contributed by atoms with Gasteiger partial charge in [0, 0.05) is 23.8 Å². The van der Waals surface area contributed by atoms with Crippen molar-refractivity contribution in [2.24, 2.45) is 29.6 Å². The van der Waals surface area contributed by atoms with Gasteiger partial charge in [-0.3, -0.25) is 9.59 Å². The molecule has 0 spiro atoms. The van der Waals surface area contributed by atoms with E-state index in [0.717, 1.165) is 11.1 Å². The van der Waals surface area contributed by atoms with Crippen LogP contribution in [-0.4, -0.2) is 29.9 Å². The van der Waals surface area contributed by atoms with Crippen molar-refractivity contribution in [3.8, 4) is 0 Å². The van der Waals surface area contributed by atoms with E-state index >= 15 is 0 Å². The molecule has 0 aromatic carbocycles. The molecule has 5 nitrogen and oxygen atoms in total. The second-order valence-electron chi connectivity index (χ2n) is 8.02. The van der Waals surface area contributed by atoms with Crippen LogP contribution in [0.15, 0.2) is 23.3 Å². The van der Waals surface area contributed by atoms with Gasteiger partial charge in [0.15, 0.2) is 5.78 Å². The number of hydrogen-bond acceptors (Lipinski definition) is 5. The van der Waals surface area contributed by atoms with Gasteiger partial charge < -0.3 is 9.47 Å². The number of carbonyl (C=O) groups excluding carboxylic acids is 3. The van der Waals surface area contributed by atoms with E-state index in [0.29, 0.717) is 6.42 Å². The van der Waals surface area contributed by atoms with Crippen LogP contribution in [-0.2, 0) is 23.9 Å². The molecule has 0 bridgehead atoms. The summed E-state index contributed by atoms with van der Waals surface area (Å²) in [5, 5.41) is 0. The molecule has 3 aliphatic rings. The molecule has 3 rings (SSSR count). The average Bonchev–Trinajstić information content (AvgIpc) is 2.88. The summed E-state index contributed by atoms with van der Waals surface area (Å²) in [6.45, 7) is 9.43. The molecule has 1 saturated heterocycles. The third kappa shape index (κ3) is 3.05. The van der Waals surface area contributed by atoms with Crippen molar-refractivity contribution in [2.75, 3.05) is 0 Å². The lowest BCUT2D eigenvalue weighted by Gasteiger charge is -2.33. The maximum Gasteiger partial charge on any atom is 0.330 e. The largest absolute Gasteiger partial charge is 0.462 e. The molecule has 136 valence electrons. The van der Waals surface area contributed by atoms with Crippen LogP contribution in [0, 0.1) is 29.6 Å². The SMILES string of the molecule is CC(C)=CC(=O)O[C@H]1[C@@H]2C(C)=CC(=O)[C@@H]2[C@H](C)C[C@H]2OC(=O)[C@H](C)[C@@H]12. The van der Waals surface area contributed by atoms with Crippen LogP contribution in [0.3, 0.4) is 0 Å². The zero-order chi connectivity index (χ0) is 18.5. The van der Waals surface area contributed by atoms with Crippen molar-refractivity contribution >= 4 is 17.7 Å². The van der Waals surface area contributed by atoms with Crippen LogP contribution < -0.4 is 0 Å². The van der Waals surface area contributed by atoms with Crippen LogP contribution in [0.5, 0.6) is 0 Å². The van der Waals surface area contributed by atoms with E-state index in [1.807, 2.05) is 34.6 Å². The van der Waals surface area contributed by atoms with E-state index in [1.54, 1.807) is 6.08 Å². The lowest BCUT2D eigenvalue weighted by atomic mass is 9.76. The number of esters is 2. The quantitative estimate of drug-likeness (QED) is 0.568. The van der Waals surface area contributed by atoms with E-state index < -0.39 is 12.1 Å². The molecule has 1 saturated carbocycles. The van der Waals surface area contributed by atoms with Crippen LogP contribution in [0.25, 0.3) is 0 Å². The third-order valence-electron chi connectivity index (χ3n) is 5.87. The van der Waals surface area contributed by atoms with Gasteiger partial charge >= 0.3 is 11.9 Å². The smallest absolute Gasteiger partial charge is 0.330 e. The topological polar surface area (TPSA) is 69.7 Å². The van der Waals surface area contributed by atoms with Gasteiger partial charge in [0.25, 0.3) is 0 Å². The molecule has 2 aliphatic carbocycles. The number of rotatable bonds is 2. The summed E-state index contributed by atoms with van der Waals surface area (Å²) in [7, 11) is 0. The fraction of sp³-hybridized carbons (Fsp3) is 0.650. The predicted octanol–water partition coefficient (Wildman–Crippen LogP) is 2.84. The standard InChI is InChI=1S/C20H26O5/c1-9(2)6-15(22)25-19-17-10(3)7-13(21)16(17)11(4)8-14-18(19)12(5)20(23)24-14/h6-7,11-12,14,16-19H,8H2,1-5H3/t11-,12-,14-,16+,17-,18-,19+/m1/s1. The number of hydrogen-bond donors (Lipinski definition) is 0. The lowest BCUT2D eigenvalue weighted by molar-refractivity contribution is -0.151. The fourth-order valence-corrected chi connectivity index (χ4v) is 4.80. The number of allylic oxidation sites excluding steroid dienone is 2. The number of ketones is 1. The van der Waals surface area contributed by atoms with Crippen LogP contribution in [0.2, 0.25) is 0 Å². The average molecular weight is 346 g/mol. The zero-order valence-corrected chi connectivity index (χ0v) is 15.4. The molecule has 1 heterocycles.